The zero-order valence-corrected chi connectivity index (χ0v) is 12.6. The Bertz CT molecular complexity index is 839. The molecule has 0 aliphatic rings. The quantitative estimate of drug-likeness (QED) is 0.696. The molecule has 3 aromatic rings. The summed E-state index contributed by atoms with van der Waals surface area (Å²) in [5.41, 5.74) is 1.92. The maximum Gasteiger partial charge on any atom is 0.291 e. The summed E-state index contributed by atoms with van der Waals surface area (Å²) in [6.07, 6.45) is 0. The molecule has 106 valence electrons. The molecule has 1 heterocycles. The molecule has 0 atom stereocenters. The fraction of sp³-hybridized carbons (Fsp3) is 0.0625. The van der Waals surface area contributed by atoms with Crippen molar-refractivity contribution in [3.05, 3.63) is 63.8 Å². The number of carbonyl (C=O) groups excluding carboxylic acids is 1. The Kier molecular flexibility index (Phi) is 3.62. The average molecular weight is 320 g/mol. The van der Waals surface area contributed by atoms with Crippen molar-refractivity contribution < 1.29 is 9.21 Å². The fourth-order valence-corrected chi connectivity index (χ4v) is 2.52. The maximum absolute atomic E-state index is 12.4. The van der Waals surface area contributed by atoms with Crippen LogP contribution < -0.4 is 5.32 Å². The van der Waals surface area contributed by atoms with E-state index in [1.165, 1.54) is 0 Å². The van der Waals surface area contributed by atoms with Crippen LogP contribution in [0, 0.1) is 6.92 Å². The maximum atomic E-state index is 12.4. The third-order valence-corrected chi connectivity index (χ3v) is 4.07. The van der Waals surface area contributed by atoms with Crippen molar-refractivity contribution in [1.29, 1.82) is 0 Å². The summed E-state index contributed by atoms with van der Waals surface area (Å²) < 4.78 is 5.61. The smallest absolute Gasteiger partial charge is 0.291 e. The molecule has 0 fully saturated rings. The minimum absolute atomic E-state index is 0.271. The van der Waals surface area contributed by atoms with Crippen LogP contribution in [0.5, 0.6) is 0 Å². The molecule has 0 aliphatic carbocycles. The summed E-state index contributed by atoms with van der Waals surface area (Å²) in [7, 11) is 0. The summed E-state index contributed by atoms with van der Waals surface area (Å²) in [5.74, 6) is -0.0832. The monoisotopic (exact) mass is 319 g/mol. The van der Waals surface area contributed by atoms with Gasteiger partial charge in [0.15, 0.2) is 5.76 Å². The van der Waals surface area contributed by atoms with E-state index in [9.17, 15) is 4.79 Å². The van der Waals surface area contributed by atoms with Gasteiger partial charge in [-0.25, -0.2) is 0 Å². The first kappa shape index (κ1) is 14.0. The van der Waals surface area contributed by atoms with Gasteiger partial charge in [0.05, 0.1) is 15.7 Å². The number of nitrogens with one attached hydrogen (secondary N) is 1. The van der Waals surface area contributed by atoms with Crippen LogP contribution in [0.15, 0.2) is 46.9 Å². The van der Waals surface area contributed by atoms with E-state index in [2.05, 4.69) is 5.32 Å². The van der Waals surface area contributed by atoms with Gasteiger partial charge in [0.2, 0.25) is 0 Å². The van der Waals surface area contributed by atoms with Crippen LogP contribution in [0.1, 0.15) is 16.1 Å². The van der Waals surface area contributed by atoms with Gasteiger partial charge in [0, 0.05) is 10.9 Å². The van der Waals surface area contributed by atoms with Gasteiger partial charge in [-0.05, 0) is 25.1 Å². The molecule has 21 heavy (non-hydrogen) atoms. The minimum atomic E-state index is -0.354. The highest BCUT2D eigenvalue weighted by molar-refractivity contribution is 6.44. The molecule has 0 radical (unpaired) electrons. The molecule has 5 heteroatoms. The molecule has 3 rings (SSSR count). The zero-order valence-electron chi connectivity index (χ0n) is 11.1. The normalized spacial score (nSPS) is 10.8. The number of hydrogen-bond acceptors (Lipinski definition) is 2. The lowest BCUT2D eigenvalue weighted by Crippen LogP contribution is -2.12. The second kappa shape index (κ2) is 5.43. The van der Waals surface area contributed by atoms with E-state index >= 15 is 0 Å². The fourth-order valence-electron chi connectivity index (χ4n) is 2.17. The molecule has 0 spiro atoms. The number of anilines is 1. The number of hydrogen-bond donors (Lipinski definition) is 1. The van der Waals surface area contributed by atoms with Crippen LogP contribution in [0.2, 0.25) is 10.0 Å². The van der Waals surface area contributed by atoms with Gasteiger partial charge in [-0.1, -0.05) is 47.5 Å². The predicted molar refractivity (Wildman–Crippen MR) is 85.4 cm³/mol. The Morgan fingerprint density at radius 2 is 1.86 bits per heavy atom. The lowest BCUT2D eigenvalue weighted by molar-refractivity contribution is 0.0998. The van der Waals surface area contributed by atoms with Crippen molar-refractivity contribution in [3.8, 4) is 0 Å². The Morgan fingerprint density at radius 1 is 1.10 bits per heavy atom. The highest BCUT2D eigenvalue weighted by Gasteiger charge is 2.18. The third kappa shape index (κ3) is 2.50. The summed E-state index contributed by atoms with van der Waals surface area (Å²) >= 11 is 12.0. The van der Waals surface area contributed by atoms with Crippen molar-refractivity contribution in [2.75, 3.05) is 5.32 Å². The molecule has 1 N–H and O–H groups in total. The Hall–Kier alpha value is -1.97. The van der Waals surface area contributed by atoms with Crippen molar-refractivity contribution in [1.82, 2.24) is 0 Å². The molecule has 3 nitrogen and oxygen atoms in total. The predicted octanol–water partition coefficient (Wildman–Crippen LogP) is 5.30. The standard InChI is InChI=1S/C16H11Cl2NO2/c1-9-10-5-2-3-8-13(10)21-15(9)16(20)19-12-7-4-6-11(17)14(12)18/h2-8H,1H3,(H,19,20). The summed E-state index contributed by atoms with van der Waals surface area (Å²) in [6.45, 7) is 1.85. The number of carbonyl (C=O) groups is 1. The number of aryl methyl sites for hydroxylation is 1. The van der Waals surface area contributed by atoms with Gasteiger partial charge >= 0.3 is 0 Å². The summed E-state index contributed by atoms with van der Waals surface area (Å²) in [4.78, 5) is 12.4. The van der Waals surface area contributed by atoms with Gasteiger partial charge in [-0.2, -0.15) is 0 Å². The summed E-state index contributed by atoms with van der Waals surface area (Å²) in [6, 6.07) is 12.6. The number of furan rings is 1. The molecule has 1 aromatic heterocycles. The van der Waals surface area contributed by atoms with E-state index in [4.69, 9.17) is 27.6 Å². The number of amides is 1. The minimum Gasteiger partial charge on any atom is -0.451 e. The Balaban J connectivity index is 1.97. The number of halogens is 2. The number of benzene rings is 2. The number of fused-ring (bicyclic) bond motifs is 1. The van der Waals surface area contributed by atoms with Gasteiger partial charge in [0.25, 0.3) is 5.91 Å². The van der Waals surface area contributed by atoms with E-state index < -0.39 is 0 Å². The van der Waals surface area contributed by atoms with E-state index in [0.717, 1.165) is 10.9 Å². The van der Waals surface area contributed by atoms with Crippen LogP contribution in [0.4, 0.5) is 5.69 Å². The summed E-state index contributed by atoms with van der Waals surface area (Å²) in [5, 5.41) is 4.33. The third-order valence-electron chi connectivity index (χ3n) is 3.25. The molecule has 0 saturated heterocycles. The highest BCUT2D eigenvalue weighted by Crippen LogP contribution is 2.31. The number of rotatable bonds is 2. The first-order valence-corrected chi connectivity index (χ1v) is 7.07. The lowest BCUT2D eigenvalue weighted by atomic mass is 10.1. The highest BCUT2D eigenvalue weighted by atomic mass is 35.5. The van der Waals surface area contributed by atoms with Crippen LogP contribution in [-0.2, 0) is 0 Å². The van der Waals surface area contributed by atoms with E-state index in [0.29, 0.717) is 21.3 Å². The molecule has 0 aliphatic heterocycles. The van der Waals surface area contributed by atoms with Gasteiger partial charge in [-0.15, -0.1) is 0 Å². The van der Waals surface area contributed by atoms with Crippen LogP contribution in [-0.4, -0.2) is 5.91 Å². The van der Waals surface area contributed by atoms with Crippen molar-refractivity contribution in [2.24, 2.45) is 0 Å². The van der Waals surface area contributed by atoms with Gasteiger partial charge < -0.3 is 9.73 Å². The Labute approximate surface area is 131 Å². The van der Waals surface area contributed by atoms with E-state index in [1.54, 1.807) is 18.2 Å². The molecular weight excluding hydrogens is 309 g/mol. The first-order chi connectivity index (χ1) is 10.1. The zero-order chi connectivity index (χ0) is 15.0. The van der Waals surface area contributed by atoms with E-state index in [-0.39, 0.29) is 11.7 Å². The van der Waals surface area contributed by atoms with Crippen LogP contribution in [0.25, 0.3) is 11.0 Å². The molecule has 0 unspecified atom stereocenters. The van der Waals surface area contributed by atoms with Gasteiger partial charge in [-0.3, -0.25) is 4.79 Å². The molecular formula is C16H11Cl2NO2. The lowest BCUT2D eigenvalue weighted by Gasteiger charge is -2.07. The van der Waals surface area contributed by atoms with E-state index in [1.807, 2.05) is 31.2 Å². The Morgan fingerprint density at radius 3 is 2.62 bits per heavy atom. The van der Waals surface area contributed by atoms with Crippen LogP contribution in [0.3, 0.4) is 0 Å². The second-order valence-corrected chi connectivity index (χ2v) is 5.39. The second-order valence-electron chi connectivity index (χ2n) is 4.61. The largest absolute Gasteiger partial charge is 0.451 e. The molecule has 0 saturated carbocycles. The SMILES string of the molecule is Cc1c(C(=O)Nc2cccc(Cl)c2Cl)oc2ccccc12. The molecule has 1 amide bonds. The average Bonchev–Trinajstić information content (AvgIpc) is 2.82. The molecule has 0 bridgehead atoms. The van der Waals surface area contributed by atoms with Crippen molar-refractivity contribution in [3.63, 3.8) is 0 Å². The number of para-hydroxylation sites is 1. The van der Waals surface area contributed by atoms with Crippen molar-refractivity contribution in [2.45, 2.75) is 6.92 Å². The van der Waals surface area contributed by atoms with Crippen molar-refractivity contribution >= 4 is 45.8 Å². The van der Waals surface area contributed by atoms with Crippen LogP contribution >= 0.6 is 23.2 Å². The topological polar surface area (TPSA) is 42.2 Å². The molecule has 2 aromatic carbocycles. The van der Waals surface area contributed by atoms with Gasteiger partial charge in [0.1, 0.15) is 5.58 Å². The first-order valence-electron chi connectivity index (χ1n) is 6.31.